The maximum absolute atomic E-state index is 12.3. The van der Waals surface area contributed by atoms with Crippen molar-refractivity contribution in [3.8, 4) is 0 Å². The van der Waals surface area contributed by atoms with E-state index in [-0.39, 0.29) is 24.4 Å². The standard InChI is InChI=1S/C13H16O3/c1-12-6-8(14)7-13(12,16)10-5-3-2-4-9(10)11(12)15/h16H,2-7H2,1H3/t12-,13-/m1/s1. The number of hydrogen-bond donors (Lipinski definition) is 1. The number of carbonyl (C=O) groups is 2. The van der Waals surface area contributed by atoms with E-state index in [4.69, 9.17) is 0 Å². The maximum atomic E-state index is 12.3. The fourth-order valence-electron chi connectivity index (χ4n) is 3.74. The van der Waals surface area contributed by atoms with Crippen LogP contribution in [0.5, 0.6) is 0 Å². The summed E-state index contributed by atoms with van der Waals surface area (Å²) in [5.74, 6) is 0.0611. The quantitative estimate of drug-likeness (QED) is 0.673. The molecule has 3 heteroatoms. The summed E-state index contributed by atoms with van der Waals surface area (Å²) in [5.41, 5.74) is -0.267. The third-order valence-corrected chi connectivity index (χ3v) is 4.66. The maximum Gasteiger partial charge on any atom is 0.168 e. The van der Waals surface area contributed by atoms with Gasteiger partial charge in [0.15, 0.2) is 5.78 Å². The van der Waals surface area contributed by atoms with Gasteiger partial charge in [-0.25, -0.2) is 0 Å². The molecule has 16 heavy (non-hydrogen) atoms. The third kappa shape index (κ3) is 0.932. The Labute approximate surface area is 94.5 Å². The lowest BCUT2D eigenvalue weighted by atomic mass is 9.74. The number of aliphatic hydroxyl groups is 1. The van der Waals surface area contributed by atoms with Gasteiger partial charge in [-0.05, 0) is 43.8 Å². The second-order valence-electron chi connectivity index (χ2n) is 5.58. The molecular weight excluding hydrogens is 204 g/mol. The van der Waals surface area contributed by atoms with Crippen LogP contribution < -0.4 is 0 Å². The van der Waals surface area contributed by atoms with E-state index in [0.29, 0.717) is 0 Å². The average molecular weight is 220 g/mol. The highest BCUT2D eigenvalue weighted by Gasteiger charge is 2.65. The Kier molecular flexibility index (Phi) is 1.81. The lowest BCUT2D eigenvalue weighted by molar-refractivity contribution is -0.131. The first-order valence-electron chi connectivity index (χ1n) is 6.00. The molecular formula is C13H16O3. The molecule has 0 aliphatic heterocycles. The summed E-state index contributed by atoms with van der Waals surface area (Å²) in [7, 11) is 0. The van der Waals surface area contributed by atoms with E-state index in [0.717, 1.165) is 36.8 Å². The van der Waals surface area contributed by atoms with E-state index in [1.165, 1.54) is 0 Å². The molecule has 0 aromatic carbocycles. The van der Waals surface area contributed by atoms with Crippen LogP contribution in [-0.2, 0) is 9.59 Å². The monoisotopic (exact) mass is 220 g/mol. The van der Waals surface area contributed by atoms with E-state index >= 15 is 0 Å². The van der Waals surface area contributed by atoms with Crippen LogP contribution in [0.2, 0.25) is 0 Å². The van der Waals surface area contributed by atoms with Gasteiger partial charge in [0.2, 0.25) is 0 Å². The summed E-state index contributed by atoms with van der Waals surface area (Å²) in [6, 6.07) is 0. The fraction of sp³-hybridized carbons (Fsp3) is 0.692. The molecule has 3 aliphatic carbocycles. The highest BCUT2D eigenvalue weighted by molar-refractivity contribution is 6.10. The minimum absolute atomic E-state index is 0.0236. The highest BCUT2D eigenvalue weighted by Crippen LogP contribution is 2.58. The van der Waals surface area contributed by atoms with Gasteiger partial charge in [-0.15, -0.1) is 0 Å². The summed E-state index contributed by atoms with van der Waals surface area (Å²) in [6.07, 6.45) is 4.01. The predicted octanol–water partition coefficient (Wildman–Crippen LogP) is 1.54. The molecule has 1 N–H and O–H groups in total. The van der Waals surface area contributed by atoms with Gasteiger partial charge in [0, 0.05) is 12.8 Å². The van der Waals surface area contributed by atoms with Gasteiger partial charge in [0.05, 0.1) is 5.41 Å². The fourth-order valence-corrected chi connectivity index (χ4v) is 3.74. The van der Waals surface area contributed by atoms with Crippen molar-refractivity contribution >= 4 is 11.6 Å². The van der Waals surface area contributed by atoms with Crippen molar-refractivity contribution in [2.24, 2.45) is 5.41 Å². The zero-order valence-corrected chi connectivity index (χ0v) is 9.51. The smallest absolute Gasteiger partial charge is 0.168 e. The Bertz CT molecular complexity index is 434. The Hall–Kier alpha value is -0.960. The average Bonchev–Trinajstić information content (AvgIpc) is 2.57. The molecule has 0 radical (unpaired) electrons. The Balaban J connectivity index is 2.17. The second kappa shape index (κ2) is 2.83. The molecule has 0 aromatic rings. The van der Waals surface area contributed by atoms with Gasteiger partial charge in [-0.1, -0.05) is 0 Å². The van der Waals surface area contributed by atoms with Gasteiger partial charge in [-0.2, -0.15) is 0 Å². The predicted molar refractivity (Wildman–Crippen MR) is 57.8 cm³/mol. The topological polar surface area (TPSA) is 54.4 Å². The molecule has 2 atom stereocenters. The van der Waals surface area contributed by atoms with Crippen molar-refractivity contribution in [2.45, 2.75) is 51.0 Å². The lowest BCUT2D eigenvalue weighted by Gasteiger charge is -2.33. The molecule has 86 valence electrons. The summed E-state index contributed by atoms with van der Waals surface area (Å²) >= 11 is 0. The molecule has 3 nitrogen and oxygen atoms in total. The summed E-state index contributed by atoms with van der Waals surface area (Å²) < 4.78 is 0. The summed E-state index contributed by atoms with van der Waals surface area (Å²) in [6.45, 7) is 1.76. The van der Waals surface area contributed by atoms with Crippen LogP contribution in [-0.4, -0.2) is 22.3 Å². The molecule has 0 saturated heterocycles. The highest BCUT2D eigenvalue weighted by atomic mass is 16.3. The van der Waals surface area contributed by atoms with E-state index in [1.54, 1.807) is 6.92 Å². The first kappa shape index (κ1) is 10.2. The zero-order valence-electron chi connectivity index (χ0n) is 9.51. The van der Waals surface area contributed by atoms with Gasteiger partial charge < -0.3 is 5.11 Å². The normalized spacial score (nSPS) is 42.6. The molecule has 0 amide bonds. The molecule has 0 unspecified atom stereocenters. The van der Waals surface area contributed by atoms with Crippen LogP contribution in [0.15, 0.2) is 11.1 Å². The summed E-state index contributed by atoms with van der Waals surface area (Å²) in [4.78, 5) is 23.9. The van der Waals surface area contributed by atoms with Gasteiger partial charge in [-0.3, -0.25) is 9.59 Å². The van der Waals surface area contributed by atoms with Crippen LogP contribution in [0, 0.1) is 5.41 Å². The summed E-state index contributed by atoms with van der Waals surface area (Å²) in [5, 5.41) is 10.7. The van der Waals surface area contributed by atoms with Crippen molar-refractivity contribution in [3.05, 3.63) is 11.1 Å². The number of allylic oxidation sites excluding steroid dienone is 1. The molecule has 0 aromatic heterocycles. The number of ketones is 2. The Morgan fingerprint density at radius 1 is 1.12 bits per heavy atom. The van der Waals surface area contributed by atoms with Gasteiger partial charge in [0.25, 0.3) is 0 Å². The van der Waals surface area contributed by atoms with Gasteiger partial charge in [0.1, 0.15) is 11.4 Å². The van der Waals surface area contributed by atoms with Crippen molar-refractivity contribution in [1.29, 1.82) is 0 Å². The molecule has 3 aliphatic rings. The lowest BCUT2D eigenvalue weighted by Crippen LogP contribution is -2.43. The first-order chi connectivity index (χ1) is 7.49. The number of rotatable bonds is 0. The van der Waals surface area contributed by atoms with E-state index in [9.17, 15) is 14.7 Å². The van der Waals surface area contributed by atoms with E-state index < -0.39 is 11.0 Å². The Morgan fingerprint density at radius 3 is 2.56 bits per heavy atom. The molecule has 0 spiro atoms. The van der Waals surface area contributed by atoms with E-state index in [1.807, 2.05) is 0 Å². The van der Waals surface area contributed by atoms with Crippen molar-refractivity contribution in [3.63, 3.8) is 0 Å². The Morgan fingerprint density at radius 2 is 1.81 bits per heavy atom. The first-order valence-corrected chi connectivity index (χ1v) is 6.00. The second-order valence-corrected chi connectivity index (χ2v) is 5.58. The van der Waals surface area contributed by atoms with Crippen molar-refractivity contribution in [2.75, 3.05) is 0 Å². The molecule has 0 bridgehead atoms. The number of Topliss-reactive ketones (excluding diaryl/α,β-unsaturated/α-hetero) is 2. The van der Waals surface area contributed by atoms with Crippen molar-refractivity contribution < 1.29 is 14.7 Å². The van der Waals surface area contributed by atoms with Crippen LogP contribution in [0.1, 0.15) is 45.4 Å². The SMILES string of the molecule is C[C@]12CC(=O)C[C@@]1(O)C1=C(CCCC1)C2=O. The number of carbonyl (C=O) groups excluding carboxylic acids is 2. The minimum Gasteiger partial charge on any atom is -0.384 e. The van der Waals surface area contributed by atoms with Crippen molar-refractivity contribution in [1.82, 2.24) is 0 Å². The van der Waals surface area contributed by atoms with Gasteiger partial charge >= 0.3 is 0 Å². The largest absolute Gasteiger partial charge is 0.384 e. The van der Waals surface area contributed by atoms with Crippen LogP contribution >= 0.6 is 0 Å². The molecule has 3 rings (SSSR count). The van der Waals surface area contributed by atoms with Crippen LogP contribution in [0.3, 0.4) is 0 Å². The number of hydrogen-bond acceptors (Lipinski definition) is 3. The minimum atomic E-state index is -1.14. The van der Waals surface area contributed by atoms with Crippen LogP contribution in [0.4, 0.5) is 0 Å². The van der Waals surface area contributed by atoms with Crippen LogP contribution in [0.25, 0.3) is 0 Å². The number of fused-ring (bicyclic) bond motifs is 2. The van der Waals surface area contributed by atoms with E-state index in [2.05, 4.69) is 0 Å². The molecule has 1 fully saturated rings. The molecule has 0 heterocycles. The third-order valence-electron chi connectivity index (χ3n) is 4.66. The zero-order chi connectivity index (χ0) is 11.6. The molecule has 1 saturated carbocycles.